The Labute approximate surface area is 139 Å². The fourth-order valence-electron chi connectivity index (χ4n) is 2.18. The zero-order valence-corrected chi connectivity index (χ0v) is 13.6. The molecule has 0 saturated heterocycles. The Balaban J connectivity index is 4.04. The van der Waals surface area contributed by atoms with Crippen LogP contribution in [0, 0.1) is 0 Å². The predicted molar refractivity (Wildman–Crippen MR) is 74.4 cm³/mol. The van der Waals surface area contributed by atoms with Gasteiger partial charge in [0.15, 0.2) is 5.69 Å². The lowest BCUT2D eigenvalue weighted by Crippen LogP contribution is -2.24. The average molecular weight is 374 g/mol. The van der Waals surface area contributed by atoms with Crippen LogP contribution in [0.5, 0.6) is 0 Å². The van der Waals surface area contributed by atoms with Gasteiger partial charge >= 0.3 is 12.1 Å². The molecule has 0 radical (unpaired) electrons. The second-order valence-electron chi connectivity index (χ2n) is 4.96. The van der Waals surface area contributed by atoms with Crippen LogP contribution in [0.25, 0.3) is 0 Å². The Morgan fingerprint density at radius 1 is 1.21 bits per heavy atom. The van der Waals surface area contributed by atoms with Crippen LogP contribution < -0.4 is 0 Å². The quantitative estimate of drug-likeness (QED) is 0.426. The van der Waals surface area contributed by atoms with Crippen molar-refractivity contribution < 1.29 is 36.3 Å². The normalized spacial score (nSPS) is 12.0. The zero-order valence-electron chi connectivity index (χ0n) is 12.8. The van der Waals surface area contributed by atoms with Crippen LogP contribution in [0.3, 0.4) is 0 Å². The second kappa shape index (κ2) is 7.42. The summed E-state index contributed by atoms with van der Waals surface area (Å²) in [5.41, 5.74) is -5.79. The summed E-state index contributed by atoms with van der Waals surface area (Å²) in [5, 5.41) is -1.43. The highest BCUT2D eigenvalue weighted by atomic mass is 35.5. The lowest BCUT2D eigenvalue weighted by atomic mass is 9.90. The molecule has 134 valence electrons. The Morgan fingerprint density at radius 3 is 2.08 bits per heavy atom. The van der Waals surface area contributed by atoms with Gasteiger partial charge in [-0.2, -0.15) is 13.2 Å². The highest BCUT2D eigenvalue weighted by molar-refractivity contribution is 6.68. The molecule has 0 aliphatic rings. The fraction of sp³-hybridized carbons (Fsp3) is 0.500. The fourth-order valence-corrected chi connectivity index (χ4v) is 2.38. The Hall–Kier alpha value is -1.77. The van der Waals surface area contributed by atoms with Gasteiger partial charge in [0.05, 0.1) is 17.7 Å². The molecule has 0 aliphatic heterocycles. The first-order valence-electron chi connectivity index (χ1n) is 6.73. The third-order valence-corrected chi connectivity index (χ3v) is 3.18. The minimum absolute atomic E-state index is 0.256. The maximum atomic E-state index is 13.2. The van der Waals surface area contributed by atoms with Crippen LogP contribution in [0.2, 0.25) is 0 Å². The van der Waals surface area contributed by atoms with Gasteiger partial charge in [-0.1, -0.05) is 13.8 Å². The van der Waals surface area contributed by atoms with Crippen molar-refractivity contribution in [2.45, 2.75) is 39.3 Å². The van der Waals surface area contributed by atoms with E-state index in [1.165, 1.54) is 20.8 Å². The van der Waals surface area contributed by atoms with Gasteiger partial charge in [-0.25, -0.2) is 18.6 Å². The van der Waals surface area contributed by atoms with E-state index in [0.717, 1.165) is 0 Å². The molecule has 0 spiro atoms. The van der Waals surface area contributed by atoms with Crippen molar-refractivity contribution in [1.82, 2.24) is 4.98 Å². The van der Waals surface area contributed by atoms with Crippen LogP contribution in [-0.2, 0) is 10.9 Å². The number of rotatable bonds is 5. The zero-order chi connectivity index (χ0) is 18.8. The Kier molecular flexibility index (Phi) is 6.26. The molecule has 0 fully saturated rings. The number of ether oxygens (including phenoxy) is 1. The molecule has 0 atom stereocenters. The second-order valence-corrected chi connectivity index (χ2v) is 5.30. The molecule has 0 saturated carbocycles. The molecule has 0 aromatic carbocycles. The lowest BCUT2D eigenvalue weighted by Gasteiger charge is -2.21. The standard InChI is InChI=1S/C14H13ClF5NO3/c1-4-24-13(23)8-6(5(2)3)7(11(15)22)9(12(16)17)21-10(8)14(18,19)20/h5,12H,4H2,1-3H3. The summed E-state index contributed by atoms with van der Waals surface area (Å²) >= 11 is 5.28. The summed E-state index contributed by atoms with van der Waals surface area (Å²) < 4.78 is 70.5. The van der Waals surface area contributed by atoms with E-state index in [4.69, 9.17) is 11.6 Å². The predicted octanol–water partition coefficient (Wildman–Crippen LogP) is 4.72. The number of hydrogen-bond acceptors (Lipinski definition) is 4. The summed E-state index contributed by atoms with van der Waals surface area (Å²) in [6.07, 6.45) is -8.69. The minimum Gasteiger partial charge on any atom is -0.462 e. The Bertz CT molecular complexity index is 659. The highest BCUT2D eigenvalue weighted by Crippen LogP contribution is 2.39. The molecular weight excluding hydrogens is 361 g/mol. The summed E-state index contributed by atoms with van der Waals surface area (Å²) in [4.78, 5) is 26.4. The van der Waals surface area contributed by atoms with E-state index in [2.05, 4.69) is 9.72 Å². The largest absolute Gasteiger partial charge is 0.462 e. The summed E-state index contributed by atoms with van der Waals surface area (Å²) in [5.74, 6) is -2.32. The first kappa shape index (κ1) is 20.3. The van der Waals surface area contributed by atoms with Crippen molar-refractivity contribution in [3.63, 3.8) is 0 Å². The molecule has 0 bridgehead atoms. The van der Waals surface area contributed by atoms with E-state index in [1.807, 2.05) is 0 Å². The smallest absolute Gasteiger partial charge is 0.434 e. The van der Waals surface area contributed by atoms with Crippen molar-refractivity contribution in [2.75, 3.05) is 6.61 Å². The molecular formula is C14H13ClF5NO3. The summed E-state index contributed by atoms with van der Waals surface area (Å²) in [6, 6.07) is 0. The number of hydrogen-bond donors (Lipinski definition) is 0. The topological polar surface area (TPSA) is 56.3 Å². The Morgan fingerprint density at radius 2 is 1.75 bits per heavy atom. The van der Waals surface area contributed by atoms with Gasteiger partial charge < -0.3 is 4.74 Å². The van der Waals surface area contributed by atoms with Gasteiger partial charge in [-0.15, -0.1) is 0 Å². The minimum atomic E-state index is -5.21. The molecule has 1 aromatic heterocycles. The van der Waals surface area contributed by atoms with Crippen molar-refractivity contribution in [3.05, 3.63) is 28.1 Å². The molecule has 24 heavy (non-hydrogen) atoms. The number of nitrogens with zero attached hydrogens (tertiary/aromatic N) is 1. The first-order chi connectivity index (χ1) is 10.9. The molecule has 1 rings (SSSR count). The van der Waals surface area contributed by atoms with Crippen LogP contribution in [0.4, 0.5) is 22.0 Å². The van der Waals surface area contributed by atoms with E-state index in [1.54, 1.807) is 0 Å². The SMILES string of the molecule is CCOC(=O)c1c(C(F)(F)F)nc(C(F)F)c(C(=O)Cl)c1C(C)C. The van der Waals surface area contributed by atoms with Gasteiger partial charge in [-0.3, -0.25) is 4.79 Å². The van der Waals surface area contributed by atoms with Crippen molar-refractivity contribution in [3.8, 4) is 0 Å². The average Bonchev–Trinajstić information content (AvgIpc) is 2.43. The number of pyridine rings is 1. The third-order valence-electron chi connectivity index (χ3n) is 2.99. The van der Waals surface area contributed by atoms with E-state index >= 15 is 0 Å². The first-order valence-corrected chi connectivity index (χ1v) is 7.11. The van der Waals surface area contributed by atoms with Crippen molar-refractivity contribution in [1.29, 1.82) is 0 Å². The number of aromatic nitrogens is 1. The van der Waals surface area contributed by atoms with E-state index in [9.17, 15) is 31.5 Å². The van der Waals surface area contributed by atoms with Crippen LogP contribution in [0.15, 0.2) is 0 Å². The van der Waals surface area contributed by atoms with E-state index in [-0.39, 0.29) is 6.61 Å². The van der Waals surface area contributed by atoms with Crippen LogP contribution in [-0.4, -0.2) is 22.8 Å². The monoisotopic (exact) mass is 373 g/mol. The van der Waals surface area contributed by atoms with Crippen LogP contribution in [0.1, 0.15) is 70.8 Å². The van der Waals surface area contributed by atoms with Gasteiger partial charge in [-0.05, 0) is 30.0 Å². The van der Waals surface area contributed by atoms with Crippen LogP contribution >= 0.6 is 11.6 Å². The van der Waals surface area contributed by atoms with Gasteiger partial charge in [0, 0.05) is 0 Å². The maximum absolute atomic E-state index is 13.2. The third kappa shape index (κ3) is 4.00. The molecule has 1 heterocycles. The number of esters is 1. The number of alkyl halides is 5. The van der Waals surface area contributed by atoms with E-state index in [0.29, 0.717) is 0 Å². The van der Waals surface area contributed by atoms with E-state index < -0.39 is 57.8 Å². The maximum Gasteiger partial charge on any atom is 0.434 e. The molecule has 4 nitrogen and oxygen atoms in total. The molecule has 0 unspecified atom stereocenters. The summed E-state index contributed by atoms with van der Waals surface area (Å²) in [7, 11) is 0. The van der Waals surface area contributed by atoms with Crippen molar-refractivity contribution >= 4 is 22.8 Å². The lowest BCUT2D eigenvalue weighted by molar-refractivity contribution is -0.142. The molecule has 10 heteroatoms. The summed E-state index contributed by atoms with van der Waals surface area (Å²) in [6.45, 7) is 3.76. The number of halogens is 6. The number of carbonyl (C=O) groups excluding carboxylic acids is 2. The highest BCUT2D eigenvalue weighted by Gasteiger charge is 2.43. The van der Waals surface area contributed by atoms with Gasteiger partial charge in [0.1, 0.15) is 5.69 Å². The molecule has 1 aromatic rings. The molecule has 0 N–H and O–H groups in total. The van der Waals surface area contributed by atoms with Gasteiger partial charge in [0.2, 0.25) is 0 Å². The van der Waals surface area contributed by atoms with Crippen molar-refractivity contribution in [2.24, 2.45) is 0 Å². The molecule has 0 aliphatic carbocycles. The van der Waals surface area contributed by atoms with Gasteiger partial charge in [0.25, 0.3) is 11.7 Å². The molecule has 0 amide bonds. The number of carbonyl (C=O) groups is 2.